The van der Waals surface area contributed by atoms with E-state index in [1.807, 2.05) is 0 Å². The van der Waals surface area contributed by atoms with Crippen molar-refractivity contribution in [3.8, 4) is 0 Å². The van der Waals surface area contributed by atoms with Crippen LogP contribution in [-0.4, -0.2) is 19.1 Å². The van der Waals surface area contributed by atoms with Crippen LogP contribution in [0.5, 0.6) is 0 Å². The van der Waals surface area contributed by atoms with E-state index in [9.17, 15) is 14.0 Å². The van der Waals surface area contributed by atoms with E-state index < -0.39 is 11.6 Å². The summed E-state index contributed by atoms with van der Waals surface area (Å²) in [7, 11) is 1.44. The molecule has 0 aliphatic carbocycles. The molecule has 3 nitrogen and oxygen atoms in total. The van der Waals surface area contributed by atoms with Gasteiger partial charge in [0.1, 0.15) is 0 Å². The Labute approximate surface area is 84.9 Å². The molecule has 1 aromatic carbocycles. The number of hydrogen-bond donors (Lipinski definition) is 1. The summed E-state index contributed by atoms with van der Waals surface area (Å²) in [5.74, 6) is -1.52. The number of ketones is 1. The molecule has 0 bridgehead atoms. The lowest BCUT2D eigenvalue weighted by molar-refractivity contribution is -0.104. The van der Waals surface area contributed by atoms with Gasteiger partial charge in [0.05, 0.1) is 16.3 Å². The summed E-state index contributed by atoms with van der Waals surface area (Å²) in [6.07, 6.45) is 0.128. The average molecular weight is 216 g/mol. The van der Waals surface area contributed by atoms with Gasteiger partial charge in [-0.2, -0.15) is 0 Å². The Balaban J connectivity index is 3.38. The highest BCUT2D eigenvalue weighted by Crippen LogP contribution is 2.26. The van der Waals surface area contributed by atoms with E-state index in [1.54, 1.807) is 0 Å². The summed E-state index contributed by atoms with van der Waals surface area (Å²) in [6.45, 7) is 0. The Morgan fingerprint density at radius 3 is 2.71 bits per heavy atom. The van der Waals surface area contributed by atoms with Crippen molar-refractivity contribution < 1.29 is 14.0 Å². The summed E-state index contributed by atoms with van der Waals surface area (Å²) in [5, 5.41) is 2.38. The Hall–Kier alpha value is -1.42. The van der Waals surface area contributed by atoms with Gasteiger partial charge in [-0.1, -0.05) is 11.6 Å². The number of aldehydes is 1. The predicted octanol–water partition coefficient (Wildman–Crippen LogP) is 1.90. The molecule has 0 saturated carbocycles. The fraction of sp³-hybridized carbons (Fsp3) is 0.111. The van der Waals surface area contributed by atoms with Crippen LogP contribution in [0.3, 0.4) is 0 Å². The first-order chi connectivity index (χ1) is 6.61. The molecule has 74 valence electrons. The standard InChI is InChI=1S/C9H7ClFNO2/c1-12-9-5(7(14)4-13)2-3-6(10)8(9)11/h2-4,12H,1H3. The van der Waals surface area contributed by atoms with Crippen molar-refractivity contribution >= 4 is 29.4 Å². The number of carbonyl (C=O) groups excluding carboxylic acids is 2. The minimum Gasteiger partial charge on any atom is -0.385 e. The van der Waals surface area contributed by atoms with Crippen molar-refractivity contribution in [3.63, 3.8) is 0 Å². The van der Waals surface area contributed by atoms with E-state index in [2.05, 4.69) is 5.32 Å². The maximum absolute atomic E-state index is 13.3. The molecule has 0 unspecified atom stereocenters. The van der Waals surface area contributed by atoms with Crippen LogP contribution >= 0.6 is 11.6 Å². The van der Waals surface area contributed by atoms with Gasteiger partial charge in [-0.3, -0.25) is 9.59 Å². The molecule has 0 fully saturated rings. The minimum atomic E-state index is -0.787. The number of carbonyl (C=O) groups is 2. The average Bonchev–Trinajstić information content (AvgIpc) is 2.20. The van der Waals surface area contributed by atoms with Gasteiger partial charge < -0.3 is 5.32 Å². The molecule has 14 heavy (non-hydrogen) atoms. The van der Waals surface area contributed by atoms with E-state index in [4.69, 9.17) is 11.6 Å². The molecule has 0 aliphatic heterocycles. The predicted molar refractivity (Wildman–Crippen MR) is 51.4 cm³/mol. The van der Waals surface area contributed by atoms with Crippen LogP contribution in [0, 0.1) is 5.82 Å². The molecule has 1 rings (SSSR count). The zero-order chi connectivity index (χ0) is 10.7. The van der Waals surface area contributed by atoms with Crippen LogP contribution < -0.4 is 5.32 Å². The first kappa shape index (κ1) is 10.7. The molecule has 0 spiro atoms. The maximum atomic E-state index is 13.3. The van der Waals surface area contributed by atoms with Gasteiger partial charge in [0.25, 0.3) is 0 Å². The molecule has 0 atom stereocenters. The third kappa shape index (κ3) is 1.75. The van der Waals surface area contributed by atoms with Gasteiger partial charge >= 0.3 is 0 Å². The van der Waals surface area contributed by atoms with Crippen LogP contribution in [0.15, 0.2) is 12.1 Å². The highest BCUT2D eigenvalue weighted by atomic mass is 35.5. The summed E-state index contributed by atoms with van der Waals surface area (Å²) < 4.78 is 13.3. The lowest BCUT2D eigenvalue weighted by Crippen LogP contribution is -2.06. The van der Waals surface area contributed by atoms with Crippen molar-refractivity contribution in [1.29, 1.82) is 0 Å². The second-order valence-electron chi connectivity index (χ2n) is 2.52. The second-order valence-corrected chi connectivity index (χ2v) is 2.92. The molecular formula is C9H7ClFNO2. The van der Waals surface area contributed by atoms with E-state index >= 15 is 0 Å². The zero-order valence-corrected chi connectivity index (χ0v) is 8.06. The number of rotatable bonds is 3. The number of anilines is 1. The van der Waals surface area contributed by atoms with Gasteiger partial charge in [0, 0.05) is 7.05 Å². The lowest BCUT2D eigenvalue weighted by atomic mass is 10.1. The summed E-state index contributed by atoms with van der Waals surface area (Å²) >= 11 is 5.50. The van der Waals surface area contributed by atoms with Gasteiger partial charge in [-0.25, -0.2) is 4.39 Å². The smallest absolute Gasteiger partial charge is 0.227 e. The lowest BCUT2D eigenvalue weighted by Gasteiger charge is -2.07. The fourth-order valence-corrected chi connectivity index (χ4v) is 1.22. The zero-order valence-electron chi connectivity index (χ0n) is 7.30. The molecule has 0 saturated heterocycles. The van der Waals surface area contributed by atoms with Crippen LogP contribution in [0.2, 0.25) is 5.02 Å². The second kappa shape index (κ2) is 4.19. The first-order valence-corrected chi connectivity index (χ1v) is 4.15. The van der Waals surface area contributed by atoms with Crippen molar-refractivity contribution in [2.75, 3.05) is 12.4 Å². The highest BCUT2D eigenvalue weighted by Gasteiger charge is 2.15. The number of nitrogens with one attached hydrogen (secondary N) is 1. The summed E-state index contributed by atoms with van der Waals surface area (Å²) in [6, 6.07) is 2.53. The minimum absolute atomic E-state index is 0.0237. The first-order valence-electron chi connectivity index (χ1n) is 3.77. The van der Waals surface area contributed by atoms with Gasteiger partial charge in [0.15, 0.2) is 12.1 Å². The monoisotopic (exact) mass is 215 g/mol. The fourth-order valence-electron chi connectivity index (χ4n) is 1.06. The van der Waals surface area contributed by atoms with Crippen molar-refractivity contribution in [1.82, 2.24) is 0 Å². The normalized spacial score (nSPS) is 9.64. The van der Waals surface area contributed by atoms with Crippen LogP contribution in [0.25, 0.3) is 0 Å². The van der Waals surface area contributed by atoms with E-state index in [1.165, 1.54) is 19.2 Å². The number of hydrogen-bond acceptors (Lipinski definition) is 3. The van der Waals surface area contributed by atoms with E-state index in [-0.39, 0.29) is 22.6 Å². The van der Waals surface area contributed by atoms with Crippen LogP contribution in [-0.2, 0) is 4.79 Å². The summed E-state index contributed by atoms with van der Waals surface area (Å²) in [5.41, 5.74) is -0.0843. The Morgan fingerprint density at radius 2 is 2.21 bits per heavy atom. The topological polar surface area (TPSA) is 46.2 Å². The number of Topliss-reactive ketones (excluding diaryl/α,β-unsaturated/α-hetero) is 1. The third-order valence-corrected chi connectivity index (χ3v) is 2.01. The quantitative estimate of drug-likeness (QED) is 0.476. The van der Waals surface area contributed by atoms with E-state index in [0.717, 1.165) is 0 Å². The van der Waals surface area contributed by atoms with Crippen molar-refractivity contribution in [2.24, 2.45) is 0 Å². The molecule has 1 aromatic rings. The van der Waals surface area contributed by atoms with Crippen molar-refractivity contribution in [2.45, 2.75) is 0 Å². The van der Waals surface area contributed by atoms with Gasteiger partial charge in [0.2, 0.25) is 5.78 Å². The molecule has 0 aliphatic rings. The molecule has 5 heteroatoms. The Kier molecular flexibility index (Phi) is 3.19. The molecule has 1 N–H and O–H groups in total. The van der Waals surface area contributed by atoms with E-state index in [0.29, 0.717) is 0 Å². The Bertz CT molecular complexity index is 393. The SMILES string of the molecule is CNc1c(C(=O)C=O)ccc(Cl)c1F. The highest BCUT2D eigenvalue weighted by molar-refractivity contribution is 6.36. The summed E-state index contributed by atoms with van der Waals surface area (Å²) in [4.78, 5) is 21.3. The van der Waals surface area contributed by atoms with Crippen LogP contribution in [0.4, 0.5) is 10.1 Å². The van der Waals surface area contributed by atoms with Crippen molar-refractivity contribution in [3.05, 3.63) is 28.5 Å². The Morgan fingerprint density at radius 1 is 1.57 bits per heavy atom. The van der Waals surface area contributed by atoms with Gasteiger partial charge in [-0.05, 0) is 12.1 Å². The number of benzene rings is 1. The van der Waals surface area contributed by atoms with Gasteiger partial charge in [-0.15, -0.1) is 0 Å². The molecule has 0 radical (unpaired) electrons. The largest absolute Gasteiger partial charge is 0.385 e. The third-order valence-electron chi connectivity index (χ3n) is 1.72. The molecular weight excluding hydrogens is 209 g/mol. The molecule has 0 aromatic heterocycles. The van der Waals surface area contributed by atoms with Crippen LogP contribution in [0.1, 0.15) is 10.4 Å². The number of halogens is 2. The molecule has 0 heterocycles. The maximum Gasteiger partial charge on any atom is 0.227 e. The molecule has 0 amide bonds.